The van der Waals surface area contributed by atoms with E-state index in [1.54, 1.807) is 11.9 Å². The van der Waals surface area contributed by atoms with Gasteiger partial charge in [0.05, 0.1) is 0 Å². The number of carboxylic acid groups (broad SMARTS) is 1. The van der Waals surface area contributed by atoms with Crippen LogP contribution in [0.5, 0.6) is 0 Å². The lowest BCUT2D eigenvalue weighted by Crippen LogP contribution is -2.44. The van der Waals surface area contributed by atoms with Crippen LogP contribution in [0.3, 0.4) is 0 Å². The second-order valence-corrected chi connectivity index (χ2v) is 15.5. The van der Waals surface area contributed by atoms with Gasteiger partial charge in [-0.05, 0) is 112 Å². The highest BCUT2D eigenvalue weighted by molar-refractivity contribution is 5.76. The summed E-state index contributed by atoms with van der Waals surface area (Å²) in [5, 5.41) is 9.14. The minimum atomic E-state index is -0.824. The van der Waals surface area contributed by atoms with Crippen molar-refractivity contribution in [2.45, 2.75) is 145 Å². The lowest BCUT2D eigenvalue weighted by molar-refractivity contribution is -0.156. The van der Waals surface area contributed by atoms with Gasteiger partial charge < -0.3 is 24.1 Å². The highest BCUT2D eigenvalue weighted by atomic mass is 16.6. The quantitative estimate of drug-likeness (QED) is 0.135. The predicted molar refractivity (Wildman–Crippen MR) is 203 cm³/mol. The maximum atomic E-state index is 12.5. The topological polar surface area (TPSA) is 132 Å². The Morgan fingerprint density at radius 1 is 0.745 bits per heavy atom. The largest absolute Gasteiger partial charge is 0.480 e. The molecule has 0 saturated carbocycles. The molecule has 0 amide bonds. The van der Waals surface area contributed by atoms with Crippen molar-refractivity contribution in [1.82, 2.24) is 9.80 Å². The van der Waals surface area contributed by atoms with E-state index >= 15 is 0 Å². The summed E-state index contributed by atoms with van der Waals surface area (Å²) >= 11 is 0. The molecule has 1 aliphatic rings. The summed E-state index contributed by atoms with van der Waals surface area (Å²) in [4.78, 5) is 50.7. The van der Waals surface area contributed by atoms with E-state index in [4.69, 9.17) is 24.1 Å². The lowest BCUT2D eigenvalue weighted by Gasteiger charge is -2.29. The van der Waals surface area contributed by atoms with Crippen LogP contribution in [0.15, 0.2) is 30.3 Å². The van der Waals surface area contributed by atoms with Gasteiger partial charge in [-0.2, -0.15) is 0 Å². The van der Waals surface area contributed by atoms with E-state index in [1.807, 2.05) is 112 Å². The molecule has 1 saturated heterocycles. The normalized spacial score (nSPS) is 14.0. The van der Waals surface area contributed by atoms with Crippen molar-refractivity contribution < 1.29 is 43.2 Å². The first-order valence-corrected chi connectivity index (χ1v) is 18.0. The van der Waals surface area contributed by atoms with E-state index in [2.05, 4.69) is 0 Å². The van der Waals surface area contributed by atoms with E-state index < -0.39 is 23.2 Å². The molecular weight excluding hydrogens is 652 g/mol. The van der Waals surface area contributed by atoms with Crippen LogP contribution >= 0.6 is 0 Å². The van der Waals surface area contributed by atoms with Crippen LogP contribution in [0.2, 0.25) is 0 Å². The molecule has 0 aromatic heterocycles. The summed E-state index contributed by atoms with van der Waals surface area (Å²) in [5.74, 6) is -1.36. The van der Waals surface area contributed by atoms with Gasteiger partial charge in [0.25, 0.3) is 0 Å². The lowest BCUT2D eigenvalue weighted by atomic mass is 10.0. The number of benzene rings is 1. The van der Waals surface area contributed by atoms with Gasteiger partial charge in [-0.15, -0.1) is 0 Å². The average Bonchev–Trinajstić information content (AvgIpc) is 3.55. The second-order valence-electron chi connectivity index (χ2n) is 15.5. The fraction of sp³-hybridized carbons (Fsp3) is 0.750. The fourth-order valence-corrected chi connectivity index (χ4v) is 5.28. The van der Waals surface area contributed by atoms with Gasteiger partial charge >= 0.3 is 23.9 Å². The maximum Gasteiger partial charge on any atom is 0.323 e. The van der Waals surface area contributed by atoms with Gasteiger partial charge in [0, 0.05) is 26.1 Å². The van der Waals surface area contributed by atoms with E-state index in [0.717, 1.165) is 18.8 Å². The number of carboxylic acids is 1. The Balaban J connectivity index is 0. The Morgan fingerprint density at radius 2 is 1.16 bits per heavy atom. The summed E-state index contributed by atoms with van der Waals surface area (Å²) in [6.45, 7) is 22.3. The third-order valence-corrected chi connectivity index (χ3v) is 7.38. The minimum absolute atomic E-state index is 0. The highest BCUT2D eigenvalue weighted by Crippen LogP contribution is 2.16. The van der Waals surface area contributed by atoms with Gasteiger partial charge in [0.15, 0.2) is 0 Å². The molecule has 296 valence electrons. The maximum absolute atomic E-state index is 12.5. The summed E-state index contributed by atoms with van der Waals surface area (Å²) in [7, 11) is 3.66. The Kier molecular flexibility index (Phi) is 25.4. The molecule has 0 unspecified atom stereocenters. The first-order valence-electron chi connectivity index (χ1n) is 18.0. The van der Waals surface area contributed by atoms with Gasteiger partial charge in [-0.3, -0.25) is 29.0 Å². The molecule has 0 aliphatic carbocycles. The van der Waals surface area contributed by atoms with Crippen LogP contribution in [0, 0.1) is 11.8 Å². The molecule has 1 fully saturated rings. The van der Waals surface area contributed by atoms with Crippen molar-refractivity contribution >= 4 is 23.9 Å². The summed E-state index contributed by atoms with van der Waals surface area (Å²) in [5.41, 5.74) is 0.0332. The molecule has 2 atom stereocenters. The number of nitrogens with zero attached hydrogens (tertiary/aromatic N) is 2. The van der Waals surface area contributed by atoms with Crippen LogP contribution in [0.25, 0.3) is 0 Å². The van der Waals surface area contributed by atoms with Crippen LogP contribution in [-0.4, -0.2) is 102 Å². The molecule has 1 N–H and O–H groups in total. The Labute approximate surface area is 309 Å². The van der Waals surface area contributed by atoms with Crippen molar-refractivity contribution in [3.8, 4) is 0 Å². The number of likely N-dealkylation sites (N-methyl/N-ethyl adjacent to an activating group) is 2. The molecule has 11 heteroatoms. The highest BCUT2D eigenvalue weighted by Gasteiger charge is 2.28. The number of ether oxygens (including phenoxy) is 4. The molecular formula is C40H72N2O9. The van der Waals surface area contributed by atoms with Gasteiger partial charge in [0.2, 0.25) is 0 Å². The van der Waals surface area contributed by atoms with E-state index in [1.165, 1.54) is 12.8 Å². The smallest absolute Gasteiger partial charge is 0.323 e. The van der Waals surface area contributed by atoms with Crippen molar-refractivity contribution in [2.24, 2.45) is 11.8 Å². The molecule has 51 heavy (non-hydrogen) atoms. The zero-order chi connectivity index (χ0) is 38.5. The molecule has 1 aromatic rings. The number of hydrogen-bond donors (Lipinski definition) is 1. The zero-order valence-electron chi connectivity index (χ0n) is 33.1. The van der Waals surface area contributed by atoms with E-state index in [9.17, 15) is 19.2 Å². The van der Waals surface area contributed by atoms with Crippen LogP contribution in [0.4, 0.5) is 0 Å². The van der Waals surface area contributed by atoms with Crippen molar-refractivity contribution in [3.05, 3.63) is 35.9 Å². The zero-order valence-corrected chi connectivity index (χ0v) is 33.1. The van der Waals surface area contributed by atoms with Crippen LogP contribution in [-0.2, 0) is 44.7 Å². The van der Waals surface area contributed by atoms with Crippen molar-refractivity contribution in [3.63, 3.8) is 0 Å². The van der Waals surface area contributed by atoms with Gasteiger partial charge in [-0.25, -0.2) is 0 Å². The number of carbonyl (C=O) groups excluding carboxylic acids is 3. The molecule has 1 heterocycles. The number of aliphatic carboxylic acids is 1. The van der Waals surface area contributed by atoms with Gasteiger partial charge in [0.1, 0.15) is 29.9 Å². The Hall–Kier alpha value is -3.02. The molecule has 1 aliphatic heterocycles. The monoisotopic (exact) mass is 725 g/mol. The number of carbonyl (C=O) groups is 4. The van der Waals surface area contributed by atoms with Crippen molar-refractivity contribution in [1.29, 1.82) is 0 Å². The van der Waals surface area contributed by atoms with Crippen LogP contribution in [0.1, 0.15) is 121 Å². The molecule has 0 spiro atoms. The Bertz CT molecular complexity index is 1100. The summed E-state index contributed by atoms with van der Waals surface area (Å²) < 4.78 is 21.0. The minimum Gasteiger partial charge on any atom is -0.480 e. The third kappa shape index (κ3) is 25.6. The first kappa shape index (κ1) is 50.1. The SMILES string of the molecule is C.C1CCOC1.CC(C)[C@@H](C(=O)O)N(C)CCCC(=O)OC(C)(C)C.CC(C)[C@@H](C(=O)OCc1ccccc1)N(C)CCCC(=O)OC(C)(C)C. The molecule has 0 radical (unpaired) electrons. The van der Waals surface area contributed by atoms with E-state index in [0.29, 0.717) is 38.8 Å². The average molecular weight is 725 g/mol. The Morgan fingerprint density at radius 3 is 1.49 bits per heavy atom. The summed E-state index contributed by atoms with van der Waals surface area (Å²) in [6.07, 6.45) is 4.44. The summed E-state index contributed by atoms with van der Waals surface area (Å²) in [6, 6.07) is 8.79. The first-order chi connectivity index (χ1) is 23.1. The van der Waals surface area contributed by atoms with Crippen LogP contribution < -0.4 is 0 Å². The number of hydrogen-bond acceptors (Lipinski definition) is 10. The molecule has 11 nitrogen and oxygen atoms in total. The number of esters is 3. The van der Waals surface area contributed by atoms with Crippen molar-refractivity contribution in [2.75, 3.05) is 40.4 Å². The molecule has 0 bridgehead atoms. The fourth-order valence-electron chi connectivity index (χ4n) is 5.28. The van der Waals surface area contributed by atoms with Gasteiger partial charge in [-0.1, -0.05) is 65.5 Å². The predicted octanol–water partition coefficient (Wildman–Crippen LogP) is 7.39. The van der Waals surface area contributed by atoms with E-state index in [-0.39, 0.29) is 49.8 Å². The molecule has 2 rings (SSSR count). The standard InChI is InChI=1S/C21H33NO4.C14H27NO4.C4H8O.CH4/c1-16(2)19(20(24)25-15-17-11-8-7-9-12-17)22(6)14-10-13-18(23)26-21(3,4)5;1-10(2)12(13(17)18)15(6)9-7-8-11(16)19-14(3,4)5;1-2-4-5-3-1;/h7-9,11-12,16,19H,10,13-15H2,1-6H3;10,12H,7-9H2,1-6H3,(H,17,18);1-4H2;1H4/t19-;12-;;/m00../s1. The third-order valence-electron chi connectivity index (χ3n) is 7.38. The second kappa shape index (κ2) is 25.9. The number of rotatable bonds is 16. The molecule has 1 aromatic carbocycles.